The normalized spacial score (nSPS) is 11.4. The van der Waals surface area contributed by atoms with Crippen LogP contribution in [0.1, 0.15) is 62.7 Å². The highest BCUT2D eigenvalue weighted by Crippen LogP contribution is 2.35. The molecule has 1 aromatic carbocycles. The van der Waals surface area contributed by atoms with Gasteiger partial charge < -0.3 is 30.2 Å². The molecule has 0 bridgehead atoms. The first-order chi connectivity index (χ1) is 18.0. The number of carbonyl (C=O) groups excluding carboxylic acids is 1. The maximum absolute atomic E-state index is 13.0. The fourth-order valence-corrected chi connectivity index (χ4v) is 4.10. The Hall–Kier alpha value is -3.44. The third-order valence-corrected chi connectivity index (χ3v) is 6.34. The van der Waals surface area contributed by atoms with Crippen LogP contribution in [0, 0.1) is 6.92 Å². The second-order valence-electron chi connectivity index (χ2n) is 10.1. The van der Waals surface area contributed by atoms with E-state index in [1.54, 1.807) is 5.38 Å². The Morgan fingerprint density at radius 1 is 1.05 bits per heavy atom. The summed E-state index contributed by atoms with van der Waals surface area (Å²) in [5, 5.41) is 11.3. The van der Waals surface area contributed by atoms with Crippen LogP contribution in [0.25, 0.3) is 0 Å². The van der Waals surface area contributed by atoms with Crippen molar-refractivity contribution < 1.29 is 19.0 Å². The van der Waals surface area contributed by atoms with Gasteiger partial charge in [0, 0.05) is 18.0 Å². The van der Waals surface area contributed by atoms with Gasteiger partial charge in [0.15, 0.2) is 5.69 Å². The number of nitrogens with one attached hydrogen (secondary N) is 3. The number of benzene rings is 1. The highest BCUT2D eigenvalue weighted by molar-refractivity contribution is 7.11. The zero-order valence-electron chi connectivity index (χ0n) is 23.4. The smallest absolute Gasteiger partial charge is 0.279 e. The molecule has 0 aliphatic rings. The molecule has 0 atom stereocenters. The van der Waals surface area contributed by atoms with Crippen molar-refractivity contribution in [3.63, 3.8) is 0 Å². The van der Waals surface area contributed by atoms with Crippen molar-refractivity contribution in [2.75, 3.05) is 37.9 Å². The molecule has 0 fully saturated rings. The zero-order chi connectivity index (χ0) is 27.9. The van der Waals surface area contributed by atoms with Gasteiger partial charge in [0.25, 0.3) is 11.1 Å². The summed E-state index contributed by atoms with van der Waals surface area (Å²) in [5.41, 5.74) is 2.53. The van der Waals surface area contributed by atoms with Gasteiger partial charge in [0.2, 0.25) is 17.7 Å². The summed E-state index contributed by atoms with van der Waals surface area (Å²) in [4.78, 5) is 26.2. The molecule has 0 radical (unpaired) electrons. The van der Waals surface area contributed by atoms with Crippen LogP contribution in [0.5, 0.6) is 22.7 Å². The van der Waals surface area contributed by atoms with Crippen molar-refractivity contribution in [3.8, 4) is 22.7 Å². The summed E-state index contributed by atoms with van der Waals surface area (Å²) in [6, 6.07) is 6.56. The fraction of sp³-hybridized carbons (Fsp3) is 0.481. The number of amides is 1. The molecule has 3 aromatic rings. The molecule has 3 rings (SSSR count). The molecule has 0 saturated heterocycles. The molecular formula is C27H38N6O4S. The first-order valence-electron chi connectivity index (χ1n) is 12.5. The van der Waals surface area contributed by atoms with Crippen LogP contribution in [0.4, 0.5) is 11.6 Å². The van der Waals surface area contributed by atoms with Crippen LogP contribution in [0.2, 0.25) is 0 Å². The third-order valence-electron chi connectivity index (χ3n) is 5.62. The molecule has 2 heterocycles. The van der Waals surface area contributed by atoms with Crippen molar-refractivity contribution in [2.24, 2.45) is 0 Å². The second kappa shape index (κ2) is 12.9. The molecule has 206 valence electrons. The Balaban J connectivity index is 1.72. The molecule has 0 unspecified atom stereocenters. The van der Waals surface area contributed by atoms with E-state index in [1.807, 2.05) is 19.1 Å². The number of aryl methyl sites for hydroxylation is 1. The molecule has 11 heteroatoms. The van der Waals surface area contributed by atoms with Gasteiger partial charge in [0.1, 0.15) is 11.4 Å². The van der Waals surface area contributed by atoms with E-state index in [0.29, 0.717) is 29.5 Å². The first kappa shape index (κ1) is 29.1. The minimum atomic E-state index is -0.461. The van der Waals surface area contributed by atoms with Crippen molar-refractivity contribution in [1.29, 1.82) is 0 Å². The van der Waals surface area contributed by atoms with Gasteiger partial charge >= 0.3 is 0 Å². The fourth-order valence-electron chi connectivity index (χ4n) is 3.44. The average molecular weight is 543 g/mol. The summed E-state index contributed by atoms with van der Waals surface area (Å²) in [6.07, 6.45) is 0.888. The van der Waals surface area contributed by atoms with E-state index in [4.69, 9.17) is 14.2 Å². The van der Waals surface area contributed by atoms with Gasteiger partial charge in [-0.3, -0.25) is 4.79 Å². The minimum Gasteiger partial charge on any atom is -0.479 e. The van der Waals surface area contributed by atoms with E-state index in [0.717, 1.165) is 24.1 Å². The quantitative estimate of drug-likeness (QED) is 0.258. The van der Waals surface area contributed by atoms with E-state index in [2.05, 4.69) is 71.6 Å². The molecule has 3 N–H and O–H groups in total. The van der Waals surface area contributed by atoms with Gasteiger partial charge in [-0.2, -0.15) is 15.0 Å². The summed E-state index contributed by atoms with van der Waals surface area (Å²) in [6.45, 7) is 14.2. The number of thiazole rings is 1. The number of aromatic nitrogens is 3. The van der Waals surface area contributed by atoms with Gasteiger partial charge in [0.05, 0.1) is 14.2 Å². The van der Waals surface area contributed by atoms with E-state index in [9.17, 15) is 4.79 Å². The molecular weight excluding hydrogens is 504 g/mol. The lowest BCUT2D eigenvalue weighted by atomic mass is 9.86. The van der Waals surface area contributed by atoms with Gasteiger partial charge in [-0.25, -0.2) is 0 Å². The predicted octanol–water partition coefficient (Wildman–Crippen LogP) is 5.40. The van der Waals surface area contributed by atoms with Crippen molar-refractivity contribution in [1.82, 2.24) is 20.3 Å². The molecule has 0 spiro atoms. The number of hydrogen-bond acceptors (Lipinski definition) is 10. The number of hydrogen-bond donors (Lipinski definition) is 3. The molecule has 10 nitrogen and oxygen atoms in total. The van der Waals surface area contributed by atoms with E-state index < -0.39 is 5.91 Å². The van der Waals surface area contributed by atoms with Crippen LogP contribution < -0.4 is 30.2 Å². The summed E-state index contributed by atoms with van der Waals surface area (Å²) >= 11 is 1.24. The van der Waals surface area contributed by atoms with Crippen molar-refractivity contribution in [3.05, 3.63) is 40.4 Å². The number of rotatable bonds is 12. The zero-order valence-corrected chi connectivity index (χ0v) is 24.2. The first-order valence-corrected chi connectivity index (χ1v) is 13.4. The molecule has 0 saturated carbocycles. The Kier molecular flexibility index (Phi) is 9.87. The lowest BCUT2D eigenvalue weighted by molar-refractivity contribution is 0.102. The highest BCUT2D eigenvalue weighted by Gasteiger charge is 2.22. The molecule has 2 aromatic heterocycles. The number of carbonyl (C=O) groups is 1. The number of ether oxygens (including phenoxy) is 3. The summed E-state index contributed by atoms with van der Waals surface area (Å²) in [7, 11) is 2.94. The Morgan fingerprint density at radius 3 is 2.34 bits per heavy atom. The molecule has 38 heavy (non-hydrogen) atoms. The largest absolute Gasteiger partial charge is 0.479 e. The number of anilines is 2. The maximum Gasteiger partial charge on any atom is 0.279 e. The van der Waals surface area contributed by atoms with E-state index in [-0.39, 0.29) is 28.6 Å². The lowest BCUT2D eigenvalue weighted by Gasteiger charge is -2.20. The van der Waals surface area contributed by atoms with Crippen LogP contribution in [0.15, 0.2) is 23.6 Å². The lowest BCUT2D eigenvalue weighted by Crippen LogP contribution is -2.25. The predicted molar refractivity (Wildman–Crippen MR) is 151 cm³/mol. The highest BCUT2D eigenvalue weighted by atomic mass is 32.1. The van der Waals surface area contributed by atoms with Gasteiger partial charge in [-0.15, -0.1) is 0 Å². The topological polar surface area (TPSA) is 120 Å². The number of nitrogens with zero attached hydrogens (tertiary/aromatic N) is 3. The minimum absolute atomic E-state index is 0.0179. The van der Waals surface area contributed by atoms with E-state index >= 15 is 0 Å². The summed E-state index contributed by atoms with van der Waals surface area (Å²) < 4.78 is 16.9. The average Bonchev–Trinajstić information content (AvgIpc) is 3.33. The number of methoxy groups -OCH3 is 2. The SMILES string of the molecule is COc1nc(NCCCNC(C)C)nc(OC)c1NC(=O)c1csc(Oc2cc(C(C)(C)C)ccc2C)n1. The van der Waals surface area contributed by atoms with E-state index in [1.165, 1.54) is 25.6 Å². The van der Waals surface area contributed by atoms with Crippen molar-refractivity contribution in [2.45, 2.75) is 59.4 Å². The Morgan fingerprint density at radius 2 is 1.74 bits per heavy atom. The third kappa shape index (κ3) is 7.78. The van der Waals surface area contributed by atoms with Gasteiger partial charge in [-0.05, 0) is 42.5 Å². The van der Waals surface area contributed by atoms with Crippen LogP contribution >= 0.6 is 11.3 Å². The van der Waals surface area contributed by atoms with Crippen LogP contribution in [-0.4, -0.2) is 54.2 Å². The van der Waals surface area contributed by atoms with Crippen LogP contribution in [0.3, 0.4) is 0 Å². The standard InChI is InChI=1S/C27H38N6O4S/c1-16(2)28-12-9-13-29-25-32-23(35-7)21(24(33-25)36-8)31-22(34)19-15-38-26(30-19)37-20-14-18(27(4,5)6)11-10-17(20)3/h10-11,14-16,28H,9,12-13H2,1-8H3,(H,31,34)(H,29,32,33). The van der Waals surface area contributed by atoms with Gasteiger partial charge in [-0.1, -0.05) is 58.1 Å². The Labute approximate surface area is 228 Å². The Bertz CT molecular complexity index is 1210. The van der Waals surface area contributed by atoms with Crippen LogP contribution in [-0.2, 0) is 5.41 Å². The molecule has 0 aliphatic heterocycles. The molecule has 0 aliphatic carbocycles. The molecule has 1 amide bonds. The monoisotopic (exact) mass is 542 g/mol. The maximum atomic E-state index is 13.0. The summed E-state index contributed by atoms with van der Waals surface area (Å²) in [5.74, 6) is 0.942. The second-order valence-corrected chi connectivity index (χ2v) is 10.9. The van der Waals surface area contributed by atoms with Crippen molar-refractivity contribution >= 4 is 28.9 Å².